The van der Waals surface area contributed by atoms with Gasteiger partial charge in [0, 0.05) is 6.04 Å². The predicted molar refractivity (Wildman–Crippen MR) is 47.2 cm³/mol. The maximum absolute atomic E-state index is 6.00. The molecular weight excluding hydrogens is 134 g/mol. The number of hydrogen-bond donors (Lipinski definition) is 1. The first-order valence-corrected chi connectivity index (χ1v) is 4.52. The van der Waals surface area contributed by atoms with Gasteiger partial charge in [-0.05, 0) is 37.7 Å². The van der Waals surface area contributed by atoms with Gasteiger partial charge in [-0.3, -0.25) is 0 Å². The molecule has 2 aliphatic rings. The summed E-state index contributed by atoms with van der Waals surface area (Å²) in [6, 6.07) is 0.378. The molecule has 0 aromatic rings. The molecule has 2 rings (SSSR count). The van der Waals surface area contributed by atoms with Gasteiger partial charge in [-0.25, -0.2) is 0 Å². The lowest BCUT2D eigenvalue weighted by molar-refractivity contribution is 0.576. The number of nitrogens with two attached hydrogens (primary N) is 1. The summed E-state index contributed by atoms with van der Waals surface area (Å²) in [5.74, 6) is 0. The zero-order chi connectivity index (χ0) is 7.68. The molecule has 1 heteroatoms. The Kier molecular flexibility index (Phi) is 1.82. The molecule has 0 spiro atoms. The van der Waals surface area contributed by atoms with Gasteiger partial charge in [0.05, 0.1) is 0 Å². The molecule has 60 valence electrons. The van der Waals surface area contributed by atoms with Gasteiger partial charge < -0.3 is 5.73 Å². The molecule has 1 atom stereocenters. The molecule has 0 heterocycles. The maximum Gasteiger partial charge on any atom is 0.0259 e. The van der Waals surface area contributed by atoms with Crippen LogP contribution in [0.3, 0.4) is 0 Å². The van der Waals surface area contributed by atoms with E-state index in [0.29, 0.717) is 6.04 Å². The van der Waals surface area contributed by atoms with Crippen molar-refractivity contribution in [3.05, 3.63) is 23.3 Å². The van der Waals surface area contributed by atoms with Gasteiger partial charge in [-0.1, -0.05) is 17.7 Å². The Morgan fingerprint density at radius 3 is 3.09 bits per heavy atom. The van der Waals surface area contributed by atoms with Crippen molar-refractivity contribution in [2.75, 3.05) is 0 Å². The second-order valence-electron chi connectivity index (χ2n) is 3.49. The molecular formula is C10H15N. The minimum absolute atomic E-state index is 0.378. The normalized spacial score (nSPS) is 30.5. The smallest absolute Gasteiger partial charge is 0.0259 e. The van der Waals surface area contributed by atoms with Crippen LogP contribution in [0.1, 0.15) is 32.1 Å². The predicted octanol–water partition coefficient (Wildman–Crippen LogP) is 2.14. The Labute approximate surface area is 68.0 Å². The van der Waals surface area contributed by atoms with Crippen molar-refractivity contribution in [3.8, 4) is 0 Å². The highest BCUT2D eigenvalue weighted by atomic mass is 14.6. The molecule has 0 unspecified atom stereocenters. The molecule has 0 radical (unpaired) electrons. The van der Waals surface area contributed by atoms with Crippen LogP contribution < -0.4 is 5.73 Å². The number of allylic oxidation sites excluding steroid dienone is 3. The van der Waals surface area contributed by atoms with Gasteiger partial charge in [0.2, 0.25) is 0 Å². The van der Waals surface area contributed by atoms with Crippen molar-refractivity contribution < 1.29 is 0 Å². The van der Waals surface area contributed by atoms with Gasteiger partial charge in [0.25, 0.3) is 0 Å². The molecule has 0 saturated heterocycles. The highest BCUT2D eigenvalue weighted by Crippen LogP contribution is 2.30. The first-order chi connectivity index (χ1) is 5.38. The van der Waals surface area contributed by atoms with Gasteiger partial charge in [-0.2, -0.15) is 0 Å². The van der Waals surface area contributed by atoms with E-state index in [4.69, 9.17) is 5.73 Å². The van der Waals surface area contributed by atoms with Crippen LogP contribution in [0.5, 0.6) is 0 Å². The fourth-order valence-corrected chi connectivity index (χ4v) is 2.09. The minimum atomic E-state index is 0.378. The molecule has 2 aliphatic carbocycles. The summed E-state index contributed by atoms with van der Waals surface area (Å²) in [4.78, 5) is 0. The SMILES string of the molecule is N[C@@H]1CCCC2=C1CCC=C2. The molecule has 2 N–H and O–H groups in total. The Morgan fingerprint density at radius 1 is 1.36 bits per heavy atom. The summed E-state index contributed by atoms with van der Waals surface area (Å²) >= 11 is 0. The van der Waals surface area contributed by atoms with E-state index >= 15 is 0 Å². The Bertz CT molecular complexity index is 213. The zero-order valence-corrected chi connectivity index (χ0v) is 6.84. The van der Waals surface area contributed by atoms with E-state index in [9.17, 15) is 0 Å². The lowest BCUT2D eigenvalue weighted by atomic mass is 9.83. The second kappa shape index (κ2) is 2.82. The van der Waals surface area contributed by atoms with Gasteiger partial charge >= 0.3 is 0 Å². The summed E-state index contributed by atoms with van der Waals surface area (Å²) in [6.07, 6.45) is 10.7. The van der Waals surface area contributed by atoms with Crippen molar-refractivity contribution in [3.63, 3.8) is 0 Å². The van der Waals surface area contributed by atoms with Gasteiger partial charge in [-0.15, -0.1) is 0 Å². The summed E-state index contributed by atoms with van der Waals surface area (Å²) in [7, 11) is 0. The van der Waals surface area contributed by atoms with Crippen LogP contribution in [-0.4, -0.2) is 6.04 Å². The van der Waals surface area contributed by atoms with E-state index in [0.717, 1.165) is 0 Å². The quantitative estimate of drug-likeness (QED) is 0.561. The molecule has 11 heavy (non-hydrogen) atoms. The minimum Gasteiger partial charge on any atom is -0.324 e. The van der Waals surface area contributed by atoms with Crippen molar-refractivity contribution in [1.82, 2.24) is 0 Å². The van der Waals surface area contributed by atoms with E-state index in [1.807, 2.05) is 0 Å². The summed E-state index contributed by atoms with van der Waals surface area (Å²) in [5, 5.41) is 0. The molecule has 0 bridgehead atoms. The molecule has 0 aromatic carbocycles. The van der Waals surface area contributed by atoms with Crippen molar-refractivity contribution in [2.24, 2.45) is 5.73 Å². The van der Waals surface area contributed by atoms with Crippen LogP contribution in [0, 0.1) is 0 Å². The van der Waals surface area contributed by atoms with E-state index in [1.54, 1.807) is 5.57 Å². The first-order valence-electron chi connectivity index (χ1n) is 4.52. The fraction of sp³-hybridized carbons (Fsp3) is 0.600. The third kappa shape index (κ3) is 1.25. The first kappa shape index (κ1) is 7.11. The summed E-state index contributed by atoms with van der Waals surface area (Å²) in [6.45, 7) is 0. The average Bonchev–Trinajstić information content (AvgIpc) is 2.06. The van der Waals surface area contributed by atoms with Crippen LogP contribution in [0.25, 0.3) is 0 Å². The lowest BCUT2D eigenvalue weighted by Crippen LogP contribution is -2.27. The van der Waals surface area contributed by atoms with Crippen LogP contribution in [0.15, 0.2) is 23.3 Å². The maximum atomic E-state index is 6.00. The van der Waals surface area contributed by atoms with E-state index < -0.39 is 0 Å². The highest BCUT2D eigenvalue weighted by molar-refractivity contribution is 5.34. The van der Waals surface area contributed by atoms with E-state index in [1.165, 1.54) is 37.7 Å². The summed E-state index contributed by atoms with van der Waals surface area (Å²) in [5.41, 5.74) is 9.08. The van der Waals surface area contributed by atoms with Gasteiger partial charge in [0.15, 0.2) is 0 Å². The number of hydrogen-bond acceptors (Lipinski definition) is 1. The van der Waals surface area contributed by atoms with E-state index in [2.05, 4.69) is 12.2 Å². The third-order valence-corrected chi connectivity index (χ3v) is 2.72. The largest absolute Gasteiger partial charge is 0.324 e. The Morgan fingerprint density at radius 2 is 2.27 bits per heavy atom. The van der Waals surface area contributed by atoms with Crippen LogP contribution >= 0.6 is 0 Å². The van der Waals surface area contributed by atoms with Crippen molar-refractivity contribution in [1.29, 1.82) is 0 Å². The molecule has 0 saturated carbocycles. The average molecular weight is 149 g/mol. The topological polar surface area (TPSA) is 26.0 Å². The van der Waals surface area contributed by atoms with Crippen LogP contribution in [0.4, 0.5) is 0 Å². The van der Waals surface area contributed by atoms with E-state index in [-0.39, 0.29) is 0 Å². The highest BCUT2D eigenvalue weighted by Gasteiger charge is 2.19. The monoisotopic (exact) mass is 149 g/mol. The lowest BCUT2D eigenvalue weighted by Gasteiger charge is -2.26. The zero-order valence-electron chi connectivity index (χ0n) is 6.84. The molecule has 0 amide bonds. The van der Waals surface area contributed by atoms with Crippen molar-refractivity contribution in [2.45, 2.75) is 38.1 Å². The van der Waals surface area contributed by atoms with Crippen molar-refractivity contribution >= 4 is 0 Å². The van der Waals surface area contributed by atoms with Gasteiger partial charge in [0.1, 0.15) is 0 Å². The molecule has 0 fully saturated rings. The molecule has 0 aromatic heterocycles. The Balaban J connectivity index is 2.28. The van der Waals surface area contributed by atoms with Crippen LogP contribution in [-0.2, 0) is 0 Å². The molecule has 1 nitrogen and oxygen atoms in total. The standard InChI is InChI=1S/C10H15N/c11-10-7-3-5-8-4-1-2-6-9(8)10/h1,4,10H,2-3,5-7,11H2/t10-/m1/s1. The summed E-state index contributed by atoms with van der Waals surface area (Å²) < 4.78 is 0. The Hall–Kier alpha value is -0.560. The second-order valence-corrected chi connectivity index (χ2v) is 3.49. The van der Waals surface area contributed by atoms with Crippen LogP contribution in [0.2, 0.25) is 0 Å². The molecule has 0 aliphatic heterocycles. The number of rotatable bonds is 0. The third-order valence-electron chi connectivity index (χ3n) is 2.72. The fourth-order valence-electron chi connectivity index (χ4n) is 2.09.